The standard InChI is InChI=1S/C17H19N3O6S/c1-11-7-8-15(26-3)16(9-11)27(24,25)19-12(2)17(21)18-13-5-4-6-14(10-13)20(22)23/h4-10,12,19H,1-3H3,(H,18,21)/t12-/m1/s1. The van der Waals surface area contributed by atoms with Crippen LogP contribution in [0.5, 0.6) is 5.75 Å². The zero-order chi connectivity index (χ0) is 20.2. The first-order valence-corrected chi connectivity index (χ1v) is 9.34. The highest BCUT2D eigenvalue weighted by Crippen LogP contribution is 2.25. The third-order valence-electron chi connectivity index (χ3n) is 3.66. The summed E-state index contributed by atoms with van der Waals surface area (Å²) < 4.78 is 32.6. The molecule has 0 saturated carbocycles. The maximum atomic E-state index is 12.6. The van der Waals surface area contributed by atoms with Gasteiger partial charge in [-0.05, 0) is 37.6 Å². The number of methoxy groups -OCH3 is 1. The smallest absolute Gasteiger partial charge is 0.271 e. The fourth-order valence-corrected chi connectivity index (χ4v) is 3.75. The first kappa shape index (κ1) is 20.3. The second kappa shape index (κ2) is 8.14. The number of aryl methyl sites for hydroxylation is 1. The lowest BCUT2D eigenvalue weighted by molar-refractivity contribution is -0.384. The molecule has 0 saturated heterocycles. The number of sulfonamides is 1. The summed E-state index contributed by atoms with van der Waals surface area (Å²) in [4.78, 5) is 22.4. The number of rotatable bonds is 7. The molecule has 2 aromatic carbocycles. The molecule has 9 nitrogen and oxygen atoms in total. The van der Waals surface area contributed by atoms with Crippen molar-refractivity contribution in [1.29, 1.82) is 0 Å². The second-order valence-corrected chi connectivity index (χ2v) is 7.48. The normalized spacial score (nSPS) is 12.3. The van der Waals surface area contributed by atoms with Crippen LogP contribution in [0.25, 0.3) is 0 Å². The predicted molar refractivity (Wildman–Crippen MR) is 99.2 cm³/mol. The zero-order valence-electron chi connectivity index (χ0n) is 14.9. The number of nitrogens with zero attached hydrogens (tertiary/aromatic N) is 1. The van der Waals surface area contributed by atoms with Gasteiger partial charge in [0, 0.05) is 17.8 Å². The molecule has 1 amide bonds. The SMILES string of the molecule is COc1ccc(C)cc1S(=O)(=O)N[C@H](C)C(=O)Nc1cccc([N+](=O)[O-])c1. The maximum absolute atomic E-state index is 12.6. The van der Waals surface area contributed by atoms with Crippen LogP contribution in [0.1, 0.15) is 12.5 Å². The highest BCUT2D eigenvalue weighted by molar-refractivity contribution is 7.89. The van der Waals surface area contributed by atoms with Gasteiger partial charge in [0.1, 0.15) is 10.6 Å². The molecule has 2 N–H and O–H groups in total. The van der Waals surface area contributed by atoms with Crippen molar-refractivity contribution in [2.75, 3.05) is 12.4 Å². The number of hydrogen-bond acceptors (Lipinski definition) is 6. The molecule has 10 heteroatoms. The molecule has 2 aromatic rings. The Morgan fingerprint density at radius 1 is 1.22 bits per heavy atom. The molecule has 0 aliphatic heterocycles. The Labute approximate surface area is 156 Å². The Morgan fingerprint density at radius 2 is 1.93 bits per heavy atom. The van der Waals surface area contributed by atoms with Gasteiger partial charge in [-0.3, -0.25) is 14.9 Å². The Balaban J connectivity index is 2.17. The van der Waals surface area contributed by atoms with Crippen molar-refractivity contribution in [3.05, 3.63) is 58.1 Å². The quantitative estimate of drug-likeness (QED) is 0.548. The summed E-state index contributed by atoms with van der Waals surface area (Å²) >= 11 is 0. The van der Waals surface area contributed by atoms with Crippen LogP contribution in [-0.4, -0.2) is 32.4 Å². The van der Waals surface area contributed by atoms with Crippen LogP contribution in [0, 0.1) is 17.0 Å². The van der Waals surface area contributed by atoms with E-state index in [2.05, 4.69) is 10.0 Å². The number of ether oxygens (including phenoxy) is 1. The third kappa shape index (κ3) is 5.02. The predicted octanol–water partition coefficient (Wildman–Crippen LogP) is 2.22. The number of nitro groups is 1. The fraction of sp³-hybridized carbons (Fsp3) is 0.235. The van der Waals surface area contributed by atoms with Gasteiger partial charge < -0.3 is 10.1 Å². The van der Waals surface area contributed by atoms with Crippen LogP contribution in [0.2, 0.25) is 0 Å². The van der Waals surface area contributed by atoms with Crippen molar-refractivity contribution in [1.82, 2.24) is 4.72 Å². The lowest BCUT2D eigenvalue weighted by Crippen LogP contribution is -2.41. The monoisotopic (exact) mass is 393 g/mol. The largest absolute Gasteiger partial charge is 0.495 e. The summed E-state index contributed by atoms with van der Waals surface area (Å²) in [5.41, 5.74) is 0.712. The Kier molecular flexibility index (Phi) is 6.13. The first-order valence-electron chi connectivity index (χ1n) is 7.86. The van der Waals surface area contributed by atoms with Crippen LogP contribution in [0.4, 0.5) is 11.4 Å². The van der Waals surface area contributed by atoms with Crippen molar-refractivity contribution in [3.8, 4) is 5.75 Å². The van der Waals surface area contributed by atoms with Gasteiger partial charge in [0.15, 0.2) is 0 Å². The average Bonchev–Trinajstić information content (AvgIpc) is 2.61. The van der Waals surface area contributed by atoms with Gasteiger partial charge in [0.25, 0.3) is 5.69 Å². The second-order valence-electron chi connectivity index (χ2n) is 5.79. The van der Waals surface area contributed by atoms with Crippen LogP contribution in [-0.2, 0) is 14.8 Å². The van der Waals surface area contributed by atoms with Gasteiger partial charge in [-0.1, -0.05) is 12.1 Å². The van der Waals surface area contributed by atoms with Crippen molar-refractivity contribution < 1.29 is 22.9 Å². The minimum absolute atomic E-state index is 0.0833. The number of non-ortho nitro benzene ring substituents is 1. The van der Waals surface area contributed by atoms with Gasteiger partial charge in [-0.25, -0.2) is 8.42 Å². The third-order valence-corrected chi connectivity index (χ3v) is 5.22. The van der Waals surface area contributed by atoms with E-state index in [1.54, 1.807) is 13.0 Å². The molecule has 0 fully saturated rings. The Hall–Kier alpha value is -2.98. The Bertz CT molecular complexity index is 974. The van der Waals surface area contributed by atoms with Crippen molar-refractivity contribution in [2.45, 2.75) is 24.8 Å². The molecular weight excluding hydrogens is 374 g/mol. The summed E-state index contributed by atoms with van der Waals surface area (Å²) in [5.74, 6) is -0.509. The van der Waals surface area contributed by atoms with E-state index in [1.807, 2.05) is 0 Å². The lowest BCUT2D eigenvalue weighted by Gasteiger charge is -2.16. The Morgan fingerprint density at radius 3 is 2.56 bits per heavy atom. The minimum Gasteiger partial charge on any atom is -0.495 e. The van der Waals surface area contributed by atoms with Crippen LogP contribution in [0.3, 0.4) is 0 Å². The molecule has 0 aliphatic carbocycles. The highest BCUT2D eigenvalue weighted by atomic mass is 32.2. The van der Waals surface area contributed by atoms with E-state index in [4.69, 9.17) is 4.74 Å². The summed E-state index contributed by atoms with van der Waals surface area (Å²) in [6, 6.07) is 8.89. The van der Waals surface area contributed by atoms with Gasteiger partial charge >= 0.3 is 0 Å². The number of hydrogen-bond donors (Lipinski definition) is 2. The number of amides is 1. The van der Waals surface area contributed by atoms with Crippen molar-refractivity contribution >= 4 is 27.3 Å². The van der Waals surface area contributed by atoms with Gasteiger partial charge in [0.05, 0.1) is 18.1 Å². The molecule has 0 radical (unpaired) electrons. The van der Waals surface area contributed by atoms with Gasteiger partial charge in [-0.2, -0.15) is 4.72 Å². The molecule has 27 heavy (non-hydrogen) atoms. The van der Waals surface area contributed by atoms with Gasteiger partial charge in [0.2, 0.25) is 15.9 Å². The molecule has 1 atom stereocenters. The number of nitro benzene ring substituents is 1. The van der Waals surface area contributed by atoms with Crippen molar-refractivity contribution in [3.63, 3.8) is 0 Å². The molecule has 0 heterocycles. The first-order chi connectivity index (χ1) is 12.6. The maximum Gasteiger partial charge on any atom is 0.271 e. The highest BCUT2D eigenvalue weighted by Gasteiger charge is 2.25. The molecule has 0 aliphatic rings. The summed E-state index contributed by atoms with van der Waals surface area (Å²) in [6.45, 7) is 3.10. The minimum atomic E-state index is -4.03. The van der Waals surface area contributed by atoms with E-state index in [1.165, 1.54) is 50.4 Å². The van der Waals surface area contributed by atoms with Crippen molar-refractivity contribution in [2.24, 2.45) is 0 Å². The topological polar surface area (TPSA) is 128 Å². The molecular formula is C17H19N3O6S. The zero-order valence-corrected chi connectivity index (χ0v) is 15.7. The fourth-order valence-electron chi connectivity index (χ4n) is 2.29. The van der Waals surface area contributed by atoms with Crippen LogP contribution >= 0.6 is 0 Å². The summed E-state index contributed by atoms with van der Waals surface area (Å²) in [6.07, 6.45) is 0. The molecule has 0 aromatic heterocycles. The van der Waals surface area contributed by atoms with Crippen LogP contribution in [0.15, 0.2) is 47.4 Å². The van der Waals surface area contributed by atoms with E-state index < -0.39 is 26.9 Å². The molecule has 0 unspecified atom stereocenters. The van der Waals surface area contributed by atoms with E-state index in [-0.39, 0.29) is 22.0 Å². The van der Waals surface area contributed by atoms with Crippen LogP contribution < -0.4 is 14.8 Å². The van der Waals surface area contributed by atoms with E-state index >= 15 is 0 Å². The molecule has 144 valence electrons. The molecule has 2 rings (SSSR count). The average molecular weight is 393 g/mol. The number of nitrogens with one attached hydrogen (secondary N) is 2. The number of benzene rings is 2. The van der Waals surface area contributed by atoms with E-state index in [0.29, 0.717) is 5.56 Å². The van der Waals surface area contributed by atoms with E-state index in [9.17, 15) is 23.3 Å². The van der Waals surface area contributed by atoms with Gasteiger partial charge in [-0.15, -0.1) is 0 Å². The summed E-state index contributed by atoms with van der Waals surface area (Å²) in [7, 11) is -2.68. The summed E-state index contributed by atoms with van der Waals surface area (Å²) in [5, 5.41) is 13.2. The molecule has 0 spiro atoms. The number of anilines is 1. The lowest BCUT2D eigenvalue weighted by atomic mass is 10.2. The number of carbonyl (C=O) groups excluding carboxylic acids is 1. The number of carbonyl (C=O) groups is 1. The molecule has 0 bridgehead atoms. The van der Waals surface area contributed by atoms with E-state index in [0.717, 1.165) is 0 Å².